The van der Waals surface area contributed by atoms with E-state index in [-0.39, 0.29) is 37.1 Å². The fourth-order valence-corrected chi connectivity index (χ4v) is 3.92. The SMILES string of the molecule is Cc1ccc(-c2c(CC(=O)NCc3ccccc3)c(C)nc(CC(C)C)c2CN)cc1.Cl.Cl. The molecule has 0 unspecified atom stereocenters. The standard InChI is InChI=1S/C27H33N3O.2ClH/c1-18(2)14-25-24(16-28)27(22-12-10-19(3)11-13-22)23(20(4)30-25)15-26(31)29-17-21-8-6-5-7-9-21;;/h5-13,18H,14-17,28H2,1-4H3,(H,29,31);2*1H. The van der Waals surface area contributed by atoms with Gasteiger partial charge in [-0.25, -0.2) is 0 Å². The Labute approximate surface area is 210 Å². The van der Waals surface area contributed by atoms with Crippen molar-refractivity contribution in [3.63, 3.8) is 0 Å². The number of rotatable bonds is 8. The quantitative estimate of drug-likeness (QED) is 0.426. The summed E-state index contributed by atoms with van der Waals surface area (Å²) < 4.78 is 0. The van der Waals surface area contributed by atoms with E-state index in [9.17, 15) is 4.79 Å². The summed E-state index contributed by atoms with van der Waals surface area (Å²) in [5.41, 5.74) is 14.6. The molecule has 0 saturated carbocycles. The first-order valence-electron chi connectivity index (χ1n) is 11.0. The highest BCUT2D eigenvalue weighted by Crippen LogP contribution is 2.33. The summed E-state index contributed by atoms with van der Waals surface area (Å²) in [6.07, 6.45) is 1.15. The van der Waals surface area contributed by atoms with E-state index in [2.05, 4.69) is 50.4 Å². The predicted octanol–water partition coefficient (Wildman–Crippen LogP) is 5.73. The Bertz CT molecular complexity index is 1040. The molecular formula is C27H35Cl2N3O. The number of hydrogen-bond donors (Lipinski definition) is 2. The molecule has 0 fully saturated rings. The van der Waals surface area contributed by atoms with Crippen LogP contribution in [0, 0.1) is 19.8 Å². The zero-order valence-corrected chi connectivity index (χ0v) is 21.5. The third-order valence-corrected chi connectivity index (χ3v) is 5.51. The number of halogens is 2. The highest BCUT2D eigenvalue weighted by Gasteiger charge is 2.21. The molecule has 3 N–H and O–H groups in total. The summed E-state index contributed by atoms with van der Waals surface area (Å²) in [5, 5.41) is 3.05. The molecule has 0 saturated heterocycles. The first-order valence-corrected chi connectivity index (χ1v) is 11.0. The molecule has 3 rings (SSSR count). The Hall–Kier alpha value is -2.40. The lowest BCUT2D eigenvalue weighted by Gasteiger charge is -2.21. The van der Waals surface area contributed by atoms with Crippen LogP contribution in [0.2, 0.25) is 0 Å². The molecule has 0 atom stereocenters. The average Bonchev–Trinajstić information content (AvgIpc) is 2.75. The number of aromatic nitrogens is 1. The third-order valence-electron chi connectivity index (χ3n) is 5.51. The van der Waals surface area contributed by atoms with Crippen LogP contribution in [0.3, 0.4) is 0 Å². The molecule has 0 radical (unpaired) electrons. The van der Waals surface area contributed by atoms with Gasteiger partial charge in [-0.1, -0.05) is 74.0 Å². The van der Waals surface area contributed by atoms with Crippen molar-refractivity contribution in [2.24, 2.45) is 11.7 Å². The fraction of sp³-hybridized carbons (Fsp3) is 0.333. The van der Waals surface area contributed by atoms with Crippen LogP contribution < -0.4 is 11.1 Å². The number of carbonyl (C=O) groups is 1. The van der Waals surface area contributed by atoms with Gasteiger partial charge in [0.1, 0.15) is 0 Å². The summed E-state index contributed by atoms with van der Waals surface area (Å²) in [6, 6.07) is 18.4. The van der Waals surface area contributed by atoms with Crippen molar-refractivity contribution in [1.29, 1.82) is 0 Å². The maximum atomic E-state index is 12.9. The Kier molecular flexibility index (Phi) is 11.6. The molecule has 6 heteroatoms. The van der Waals surface area contributed by atoms with Crippen LogP contribution in [-0.2, 0) is 30.7 Å². The molecule has 4 nitrogen and oxygen atoms in total. The lowest BCUT2D eigenvalue weighted by Crippen LogP contribution is -2.26. The molecule has 1 aromatic heterocycles. The van der Waals surface area contributed by atoms with Crippen molar-refractivity contribution in [1.82, 2.24) is 10.3 Å². The second kappa shape index (κ2) is 13.3. The first kappa shape index (κ1) is 28.6. The Morgan fingerprint density at radius 2 is 1.61 bits per heavy atom. The molecule has 1 amide bonds. The van der Waals surface area contributed by atoms with E-state index in [0.29, 0.717) is 19.0 Å². The maximum absolute atomic E-state index is 12.9. The molecule has 178 valence electrons. The van der Waals surface area contributed by atoms with Crippen molar-refractivity contribution in [2.45, 2.75) is 53.6 Å². The third kappa shape index (κ3) is 7.56. The van der Waals surface area contributed by atoms with Crippen LogP contribution in [0.1, 0.15) is 47.5 Å². The van der Waals surface area contributed by atoms with Crippen molar-refractivity contribution in [2.75, 3.05) is 0 Å². The fourth-order valence-electron chi connectivity index (χ4n) is 3.92. The second-order valence-corrected chi connectivity index (χ2v) is 8.58. The van der Waals surface area contributed by atoms with Crippen molar-refractivity contribution in [3.8, 4) is 11.1 Å². The van der Waals surface area contributed by atoms with Gasteiger partial charge < -0.3 is 11.1 Å². The Morgan fingerprint density at radius 1 is 0.970 bits per heavy atom. The molecule has 2 aromatic carbocycles. The van der Waals surface area contributed by atoms with Gasteiger partial charge in [0.05, 0.1) is 6.42 Å². The predicted molar refractivity (Wildman–Crippen MR) is 142 cm³/mol. The number of amides is 1. The average molecular weight is 489 g/mol. The largest absolute Gasteiger partial charge is 0.352 e. The van der Waals surface area contributed by atoms with E-state index < -0.39 is 0 Å². The van der Waals surface area contributed by atoms with Gasteiger partial charge in [0.25, 0.3) is 0 Å². The van der Waals surface area contributed by atoms with Gasteiger partial charge in [-0.2, -0.15) is 0 Å². The summed E-state index contributed by atoms with van der Waals surface area (Å²) >= 11 is 0. The van der Waals surface area contributed by atoms with Gasteiger partial charge in [-0.05, 0) is 54.0 Å². The first-order chi connectivity index (χ1) is 14.9. The molecule has 1 heterocycles. The number of hydrogen-bond acceptors (Lipinski definition) is 3. The number of pyridine rings is 1. The normalized spacial score (nSPS) is 10.4. The van der Waals surface area contributed by atoms with Crippen LogP contribution >= 0.6 is 24.8 Å². The number of carbonyl (C=O) groups excluding carboxylic acids is 1. The number of nitrogens with two attached hydrogens (primary N) is 1. The molecule has 0 bridgehead atoms. The highest BCUT2D eigenvalue weighted by molar-refractivity contribution is 5.86. The molecule has 3 aromatic rings. The van der Waals surface area contributed by atoms with Crippen molar-refractivity contribution < 1.29 is 4.79 Å². The Morgan fingerprint density at radius 3 is 2.18 bits per heavy atom. The number of aryl methyl sites for hydroxylation is 2. The van der Waals surface area contributed by atoms with Gasteiger partial charge in [0, 0.05) is 24.5 Å². The van der Waals surface area contributed by atoms with Gasteiger partial charge in [-0.15, -0.1) is 24.8 Å². The van der Waals surface area contributed by atoms with Crippen molar-refractivity contribution >= 4 is 30.7 Å². The monoisotopic (exact) mass is 487 g/mol. The lowest BCUT2D eigenvalue weighted by atomic mass is 9.88. The molecule has 0 aliphatic heterocycles. The minimum Gasteiger partial charge on any atom is -0.352 e. The summed E-state index contributed by atoms with van der Waals surface area (Å²) in [7, 11) is 0. The van der Waals surface area contributed by atoms with E-state index >= 15 is 0 Å². The van der Waals surface area contributed by atoms with E-state index in [1.165, 1.54) is 5.56 Å². The van der Waals surface area contributed by atoms with Crippen LogP contribution in [-0.4, -0.2) is 10.9 Å². The maximum Gasteiger partial charge on any atom is 0.224 e. The second-order valence-electron chi connectivity index (χ2n) is 8.58. The molecule has 0 aliphatic rings. The van der Waals surface area contributed by atoms with E-state index in [1.807, 2.05) is 37.3 Å². The van der Waals surface area contributed by atoms with Gasteiger partial charge >= 0.3 is 0 Å². The zero-order chi connectivity index (χ0) is 22.4. The van der Waals surface area contributed by atoms with Gasteiger partial charge in [0.15, 0.2) is 0 Å². The smallest absolute Gasteiger partial charge is 0.224 e. The summed E-state index contributed by atoms with van der Waals surface area (Å²) in [6.45, 7) is 9.37. The van der Waals surface area contributed by atoms with E-state index in [4.69, 9.17) is 10.7 Å². The molecule has 33 heavy (non-hydrogen) atoms. The van der Waals surface area contributed by atoms with Crippen LogP contribution in [0.25, 0.3) is 11.1 Å². The van der Waals surface area contributed by atoms with Crippen LogP contribution in [0.5, 0.6) is 0 Å². The minimum absolute atomic E-state index is 0. The summed E-state index contributed by atoms with van der Waals surface area (Å²) in [5.74, 6) is 0.463. The summed E-state index contributed by atoms with van der Waals surface area (Å²) in [4.78, 5) is 17.8. The van der Waals surface area contributed by atoms with Gasteiger partial charge in [0.2, 0.25) is 5.91 Å². The zero-order valence-electron chi connectivity index (χ0n) is 19.9. The molecule has 0 aliphatic carbocycles. The van der Waals surface area contributed by atoms with Crippen molar-refractivity contribution in [3.05, 3.63) is 88.2 Å². The van der Waals surface area contributed by atoms with Crippen LogP contribution in [0.15, 0.2) is 54.6 Å². The van der Waals surface area contributed by atoms with E-state index in [1.54, 1.807) is 0 Å². The minimum atomic E-state index is -0.0123. The molecular weight excluding hydrogens is 453 g/mol. The van der Waals surface area contributed by atoms with Gasteiger partial charge in [-0.3, -0.25) is 9.78 Å². The number of nitrogens with zero attached hydrogens (tertiary/aromatic N) is 1. The topological polar surface area (TPSA) is 68.0 Å². The highest BCUT2D eigenvalue weighted by atomic mass is 35.5. The number of benzene rings is 2. The lowest BCUT2D eigenvalue weighted by molar-refractivity contribution is -0.120. The molecule has 0 spiro atoms. The Balaban J connectivity index is 0.00000272. The van der Waals surface area contributed by atoms with Crippen LogP contribution in [0.4, 0.5) is 0 Å². The van der Waals surface area contributed by atoms with E-state index in [0.717, 1.165) is 45.6 Å². The number of nitrogens with one attached hydrogen (secondary N) is 1.